The van der Waals surface area contributed by atoms with Gasteiger partial charge >= 0.3 is 5.97 Å². The Balaban J connectivity index is 3.02. The summed E-state index contributed by atoms with van der Waals surface area (Å²) in [6, 6.07) is 11.4. The van der Waals surface area contributed by atoms with Gasteiger partial charge in [-0.15, -0.1) is 0 Å². The zero-order valence-corrected chi connectivity index (χ0v) is 11.2. The van der Waals surface area contributed by atoms with Crippen molar-refractivity contribution in [3.63, 3.8) is 0 Å². The van der Waals surface area contributed by atoms with Gasteiger partial charge in [0.1, 0.15) is 11.8 Å². The van der Waals surface area contributed by atoms with Crippen molar-refractivity contribution in [3.05, 3.63) is 47.2 Å². The molecule has 0 amide bonds. The van der Waals surface area contributed by atoms with E-state index in [1.54, 1.807) is 6.92 Å². The molecule has 0 aliphatic carbocycles. The largest absolute Gasteiger partial charge is 0.496 e. The first-order chi connectivity index (χ1) is 9.22. The monoisotopic (exact) mass is 259 g/mol. The highest BCUT2D eigenvalue weighted by Crippen LogP contribution is 2.15. The number of esters is 1. The van der Waals surface area contributed by atoms with Gasteiger partial charge in [-0.3, -0.25) is 0 Å². The third-order valence-electron chi connectivity index (χ3n) is 2.40. The Morgan fingerprint density at radius 2 is 1.79 bits per heavy atom. The summed E-state index contributed by atoms with van der Waals surface area (Å²) in [5, 5.41) is 9.11. The van der Waals surface area contributed by atoms with E-state index >= 15 is 0 Å². The molecule has 0 saturated carbocycles. The summed E-state index contributed by atoms with van der Waals surface area (Å²) in [6.45, 7) is 4.14. The Labute approximate surface area is 113 Å². The molecule has 1 rings (SSSR count). The fourth-order valence-corrected chi connectivity index (χ4v) is 1.59. The molecule has 0 fully saturated rings. The SMILES string of the molecule is CCOC(=O)/C(C#N)=C(\Cc1ccccc1)OCC. The molecule has 1 aromatic carbocycles. The van der Waals surface area contributed by atoms with Crippen molar-refractivity contribution in [3.8, 4) is 6.07 Å². The van der Waals surface area contributed by atoms with E-state index in [1.807, 2.05) is 43.3 Å². The zero-order valence-electron chi connectivity index (χ0n) is 11.2. The van der Waals surface area contributed by atoms with Crippen molar-refractivity contribution < 1.29 is 14.3 Å². The molecule has 100 valence electrons. The quantitative estimate of drug-likeness (QED) is 0.341. The van der Waals surface area contributed by atoms with Crippen LogP contribution in [0.1, 0.15) is 19.4 Å². The predicted octanol–water partition coefficient (Wildman–Crippen LogP) is 2.61. The summed E-state index contributed by atoms with van der Waals surface area (Å²) >= 11 is 0. The number of hydrogen-bond donors (Lipinski definition) is 0. The number of nitriles is 1. The Morgan fingerprint density at radius 1 is 1.16 bits per heavy atom. The van der Waals surface area contributed by atoms with Gasteiger partial charge in [0.25, 0.3) is 0 Å². The van der Waals surface area contributed by atoms with Crippen LogP contribution in [-0.4, -0.2) is 19.2 Å². The molecule has 0 N–H and O–H groups in total. The average Bonchev–Trinajstić information content (AvgIpc) is 2.41. The van der Waals surface area contributed by atoms with Crippen molar-refractivity contribution in [2.24, 2.45) is 0 Å². The van der Waals surface area contributed by atoms with E-state index in [1.165, 1.54) is 0 Å². The van der Waals surface area contributed by atoms with Crippen molar-refractivity contribution in [2.75, 3.05) is 13.2 Å². The maximum Gasteiger partial charge on any atom is 0.352 e. The smallest absolute Gasteiger partial charge is 0.352 e. The normalized spacial score (nSPS) is 11.2. The molecule has 0 spiro atoms. The number of carbonyl (C=O) groups excluding carboxylic acids is 1. The lowest BCUT2D eigenvalue weighted by Crippen LogP contribution is -2.12. The van der Waals surface area contributed by atoms with Gasteiger partial charge in [-0.25, -0.2) is 4.79 Å². The lowest BCUT2D eigenvalue weighted by atomic mass is 10.1. The first-order valence-corrected chi connectivity index (χ1v) is 6.20. The molecule has 0 atom stereocenters. The van der Waals surface area contributed by atoms with Gasteiger partial charge in [0.2, 0.25) is 0 Å². The lowest BCUT2D eigenvalue weighted by Gasteiger charge is -2.11. The van der Waals surface area contributed by atoms with E-state index in [2.05, 4.69) is 0 Å². The molecule has 1 aromatic rings. The van der Waals surface area contributed by atoms with Gasteiger partial charge in [0, 0.05) is 6.42 Å². The van der Waals surface area contributed by atoms with Gasteiger partial charge in [-0.1, -0.05) is 30.3 Å². The van der Waals surface area contributed by atoms with Crippen LogP contribution in [0.2, 0.25) is 0 Å². The average molecular weight is 259 g/mol. The highest BCUT2D eigenvalue weighted by Gasteiger charge is 2.18. The van der Waals surface area contributed by atoms with Gasteiger partial charge in [0.05, 0.1) is 13.2 Å². The molecule has 0 aromatic heterocycles. The molecule has 0 bridgehead atoms. The molecule has 0 radical (unpaired) electrons. The number of hydrogen-bond acceptors (Lipinski definition) is 4. The van der Waals surface area contributed by atoms with Gasteiger partial charge < -0.3 is 9.47 Å². The molecule has 0 saturated heterocycles. The highest BCUT2D eigenvalue weighted by atomic mass is 16.5. The molecular weight excluding hydrogens is 242 g/mol. The maximum atomic E-state index is 11.7. The van der Waals surface area contributed by atoms with Crippen LogP contribution in [0, 0.1) is 11.3 Å². The minimum absolute atomic E-state index is 0.0625. The number of carbonyl (C=O) groups is 1. The third-order valence-corrected chi connectivity index (χ3v) is 2.40. The molecule has 4 nitrogen and oxygen atoms in total. The molecule has 0 aliphatic rings. The van der Waals surface area contributed by atoms with Crippen LogP contribution >= 0.6 is 0 Å². The second-order valence-electron chi connectivity index (χ2n) is 3.73. The van der Waals surface area contributed by atoms with Crippen molar-refractivity contribution in [2.45, 2.75) is 20.3 Å². The van der Waals surface area contributed by atoms with Crippen LogP contribution in [0.3, 0.4) is 0 Å². The van der Waals surface area contributed by atoms with Crippen molar-refractivity contribution >= 4 is 5.97 Å². The Hall–Kier alpha value is -2.28. The standard InChI is InChI=1S/C15H17NO3/c1-3-18-14(10-12-8-6-5-7-9-12)13(11-16)15(17)19-4-2/h5-9H,3-4,10H2,1-2H3/b14-13+. The van der Waals surface area contributed by atoms with Gasteiger partial charge in [-0.05, 0) is 19.4 Å². The second-order valence-corrected chi connectivity index (χ2v) is 3.73. The third kappa shape index (κ3) is 4.47. The summed E-state index contributed by atoms with van der Waals surface area (Å²) in [5.41, 5.74) is 0.913. The van der Waals surface area contributed by atoms with Crippen LogP contribution in [-0.2, 0) is 20.7 Å². The first-order valence-electron chi connectivity index (χ1n) is 6.20. The predicted molar refractivity (Wildman–Crippen MR) is 71.0 cm³/mol. The summed E-state index contributed by atoms with van der Waals surface area (Å²) < 4.78 is 10.3. The molecule has 0 unspecified atom stereocenters. The van der Waals surface area contributed by atoms with Gasteiger partial charge in [0.15, 0.2) is 5.57 Å². The van der Waals surface area contributed by atoms with E-state index in [9.17, 15) is 4.79 Å². The molecule has 0 aliphatic heterocycles. The molecule has 0 heterocycles. The summed E-state index contributed by atoms with van der Waals surface area (Å²) in [6.07, 6.45) is 0.399. The zero-order chi connectivity index (χ0) is 14.1. The fraction of sp³-hybridized carbons (Fsp3) is 0.333. The van der Waals surface area contributed by atoms with Crippen LogP contribution in [0.4, 0.5) is 0 Å². The van der Waals surface area contributed by atoms with Crippen molar-refractivity contribution in [1.29, 1.82) is 5.26 Å². The number of rotatable bonds is 6. The fourth-order valence-electron chi connectivity index (χ4n) is 1.59. The number of ether oxygens (including phenoxy) is 2. The number of benzene rings is 1. The molecular formula is C15H17NO3. The molecule has 4 heteroatoms. The van der Waals surface area contributed by atoms with Crippen LogP contribution in [0.25, 0.3) is 0 Å². The van der Waals surface area contributed by atoms with E-state index in [-0.39, 0.29) is 12.2 Å². The summed E-state index contributed by atoms with van der Waals surface area (Å²) in [5.74, 6) is -0.279. The topological polar surface area (TPSA) is 59.3 Å². The summed E-state index contributed by atoms with van der Waals surface area (Å²) in [4.78, 5) is 11.7. The van der Waals surface area contributed by atoms with Crippen LogP contribution in [0.15, 0.2) is 41.7 Å². The first kappa shape index (κ1) is 14.8. The summed E-state index contributed by atoms with van der Waals surface area (Å²) in [7, 11) is 0. The van der Waals surface area contributed by atoms with Crippen molar-refractivity contribution in [1.82, 2.24) is 0 Å². The lowest BCUT2D eigenvalue weighted by molar-refractivity contribution is -0.138. The van der Waals surface area contributed by atoms with Gasteiger partial charge in [-0.2, -0.15) is 5.26 Å². The van der Waals surface area contributed by atoms with E-state index < -0.39 is 5.97 Å². The van der Waals surface area contributed by atoms with E-state index in [0.717, 1.165) is 5.56 Å². The number of allylic oxidation sites excluding steroid dienone is 1. The minimum Gasteiger partial charge on any atom is -0.496 e. The van der Waals surface area contributed by atoms with E-state index in [4.69, 9.17) is 14.7 Å². The Kier molecular flexibility index (Phi) is 6.17. The highest BCUT2D eigenvalue weighted by molar-refractivity contribution is 5.93. The Bertz CT molecular complexity index is 486. The number of nitrogens with zero attached hydrogens (tertiary/aromatic N) is 1. The van der Waals surface area contributed by atoms with Crippen LogP contribution in [0.5, 0.6) is 0 Å². The van der Waals surface area contributed by atoms with Crippen LogP contribution < -0.4 is 0 Å². The molecule has 19 heavy (non-hydrogen) atoms. The second kappa shape index (κ2) is 7.93. The Morgan fingerprint density at radius 3 is 2.32 bits per heavy atom. The minimum atomic E-state index is -0.635. The van der Waals surface area contributed by atoms with E-state index in [0.29, 0.717) is 18.8 Å². The maximum absolute atomic E-state index is 11.7.